The molecule has 0 aliphatic heterocycles. The number of nitrogens with one attached hydrogen (secondary N) is 1. The van der Waals surface area contributed by atoms with Crippen LogP contribution in [0.3, 0.4) is 0 Å². The fourth-order valence-electron chi connectivity index (χ4n) is 4.38. The van der Waals surface area contributed by atoms with E-state index in [9.17, 15) is 0 Å². The molecule has 0 aromatic heterocycles. The molecule has 2 aromatic rings. The lowest BCUT2D eigenvalue weighted by molar-refractivity contribution is 0.392. The molecule has 1 N–H and O–H groups in total. The molecule has 2 heteroatoms. The van der Waals surface area contributed by atoms with Gasteiger partial charge < -0.3 is 5.32 Å². The summed E-state index contributed by atoms with van der Waals surface area (Å²) in [5.74, 6) is 0.600. The van der Waals surface area contributed by atoms with Crippen molar-refractivity contribution in [1.29, 1.82) is 0 Å². The second-order valence-corrected chi connectivity index (χ2v) is 5.91. The molecule has 2 aromatic carbocycles. The first kappa shape index (κ1) is 13.7. The van der Waals surface area contributed by atoms with Crippen molar-refractivity contribution < 1.29 is 0 Å². The Labute approximate surface area is 126 Å². The molecule has 4 rings (SSSR count). The fourth-order valence-corrected chi connectivity index (χ4v) is 4.38. The van der Waals surface area contributed by atoms with Crippen LogP contribution in [0.4, 0.5) is 0 Å². The second kappa shape index (κ2) is 4.61. The van der Waals surface area contributed by atoms with Gasteiger partial charge in [-0.3, -0.25) is 0 Å². The third-order valence-corrected chi connectivity index (χ3v) is 5.33. The van der Waals surface area contributed by atoms with Gasteiger partial charge in [-0.1, -0.05) is 48.5 Å². The standard InChI is InChI=1S/C18H19N.ClH/c1-12(19-2)18-11-15(13-7-3-5-9-16(13)18)14-8-4-6-10-17(14)18;/h3-10,12,15,19H,11H2,1-2H3;1H. The second-order valence-electron chi connectivity index (χ2n) is 5.91. The molecule has 1 atom stereocenters. The van der Waals surface area contributed by atoms with Crippen LogP contribution in [-0.2, 0) is 5.41 Å². The highest BCUT2D eigenvalue weighted by atomic mass is 35.5. The fraction of sp³-hybridized carbons (Fsp3) is 0.333. The minimum atomic E-state index is 0. The van der Waals surface area contributed by atoms with Gasteiger partial charge in [0.25, 0.3) is 0 Å². The van der Waals surface area contributed by atoms with E-state index in [4.69, 9.17) is 0 Å². The van der Waals surface area contributed by atoms with Gasteiger partial charge in [0.15, 0.2) is 0 Å². The predicted octanol–water partition coefficient (Wildman–Crippen LogP) is 3.85. The summed E-state index contributed by atoms with van der Waals surface area (Å²) < 4.78 is 0. The van der Waals surface area contributed by atoms with E-state index in [1.165, 1.54) is 6.42 Å². The van der Waals surface area contributed by atoms with Crippen molar-refractivity contribution in [3.63, 3.8) is 0 Å². The molecule has 104 valence electrons. The minimum Gasteiger partial charge on any atom is -0.316 e. The lowest BCUT2D eigenvalue weighted by atomic mass is 9.71. The van der Waals surface area contributed by atoms with E-state index in [1.54, 1.807) is 22.3 Å². The van der Waals surface area contributed by atoms with E-state index in [2.05, 4.69) is 67.8 Å². The van der Waals surface area contributed by atoms with Crippen LogP contribution in [0.25, 0.3) is 0 Å². The van der Waals surface area contributed by atoms with Crippen molar-refractivity contribution in [2.45, 2.75) is 30.7 Å². The Kier molecular flexibility index (Phi) is 3.15. The van der Waals surface area contributed by atoms with Gasteiger partial charge in [-0.2, -0.15) is 0 Å². The van der Waals surface area contributed by atoms with E-state index in [0.29, 0.717) is 12.0 Å². The molecule has 0 fully saturated rings. The molecule has 0 radical (unpaired) electrons. The summed E-state index contributed by atoms with van der Waals surface area (Å²) in [7, 11) is 2.08. The first-order chi connectivity index (χ1) is 9.29. The molecule has 1 unspecified atom stereocenters. The number of halogens is 1. The van der Waals surface area contributed by atoms with Gasteiger partial charge in [-0.05, 0) is 42.6 Å². The van der Waals surface area contributed by atoms with E-state index < -0.39 is 0 Å². The maximum Gasteiger partial charge on any atom is 0.0367 e. The van der Waals surface area contributed by atoms with Crippen LogP contribution >= 0.6 is 12.4 Å². The number of benzene rings is 2. The highest BCUT2D eigenvalue weighted by Crippen LogP contribution is 2.61. The van der Waals surface area contributed by atoms with Gasteiger partial charge in [-0.25, -0.2) is 0 Å². The normalized spacial score (nSPS) is 26.6. The zero-order valence-electron chi connectivity index (χ0n) is 11.9. The Morgan fingerprint density at radius 2 is 1.50 bits per heavy atom. The Bertz CT molecular complexity index is 602. The first-order valence-electron chi connectivity index (χ1n) is 7.15. The van der Waals surface area contributed by atoms with Gasteiger partial charge in [0, 0.05) is 17.4 Å². The highest BCUT2D eigenvalue weighted by Gasteiger charge is 2.54. The highest BCUT2D eigenvalue weighted by molar-refractivity contribution is 5.85. The number of likely N-dealkylation sites (N-methyl/N-ethyl adjacent to an activating group) is 1. The van der Waals surface area contributed by atoms with Crippen LogP contribution in [0, 0.1) is 0 Å². The van der Waals surface area contributed by atoms with Gasteiger partial charge in [0.05, 0.1) is 0 Å². The lowest BCUT2D eigenvalue weighted by Crippen LogP contribution is -2.43. The van der Waals surface area contributed by atoms with Gasteiger partial charge in [0.1, 0.15) is 0 Å². The zero-order valence-corrected chi connectivity index (χ0v) is 12.7. The van der Waals surface area contributed by atoms with E-state index >= 15 is 0 Å². The lowest BCUT2D eigenvalue weighted by Gasteiger charge is -2.36. The number of rotatable bonds is 2. The topological polar surface area (TPSA) is 12.0 Å². The van der Waals surface area contributed by atoms with Crippen LogP contribution < -0.4 is 5.32 Å². The Morgan fingerprint density at radius 3 is 2.00 bits per heavy atom. The summed E-state index contributed by atoms with van der Waals surface area (Å²) in [5.41, 5.74) is 6.35. The van der Waals surface area contributed by atoms with Crippen molar-refractivity contribution in [2.75, 3.05) is 7.05 Å². The molecule has 0 spiro atoms. The summed E-state index contributed by atoms with van der Waals surface area (Å²) in [6, 6.07) is 18.5. The van der Waals surface area contributed by atoms with Crippen LogP contribution in [-0.4, -0.2) is 13.1 Å². The predicted molar refractivity (Wildman–Crippen MR) is 85.9 cm³/mol. The van der Waals surface area contributed by atoms with Crippen molar-refractivity contribution in [1.82, 2.24) is 5.32 Å². The molecule has 2 aliphatic carbocycles. The molecular weight excluding hydrogens is 266 g/mol. The van der Waals surface area contributed by atoms with E-state index in [-0.39, 0.29) is 17.8 Å². The third-order valence-electron chi connectivity index (χ3n) is 5.33. The molecule has 0 amide bonds. The third kappa shape index (κ3) is 1.43. The van der Waals surface area contributed by atoms with Gasteiger partial charge in [0.2, 0.25) is 0 Å². The van der Waals surface area contributed by atoms with E-state index in [1.807, 2.05) is 0 Å². The smallest absolute Gasteiger partial charge is 0.0367 e. The Balaban J connectivity index is 0.00000121. The summed E-state index contributed by atoms with van der Waals surface area (Å²) in [5, 5.41) is 3.51. The quantitative estimate of drug-likeness (QED) is 0.884. The van der Waals surface area contributed by atoms with Crippen molar-refractivity contribution in [2.24, 2.45) is 0 Å². The number of hydrogen-bond donors (Lipinski definition) is 1. The summed E-state index contributed by atoms with van der Waals surface area (Å²) >= 11 is 0. The SMILES string of the molecule is CNC(C)C12CC(c3ccccc31)c1ccccc12.Cl. The zero-order chi connectivity index (χ0) is 13.0. The van der Waals surface area contributed by atoms with Crippen LogP contribution in [0.5, 0.6) is 0 Å². The van der Waals surface area contributed by atoms with Gasteiger partial charge >= 0.3 is 0 Å². The van der Waals surface area contributed by atoms with Crippen LogP contribution in [0.1, 0.15) is 41.5 Å². The molecule has 0 heterocycles. The largest absolute Gasteiger partial charge is 0.316 e. The maximum atomic E-state index is 3.51. The molecule has 0 saturated heterocycles. The van der Waals surface area contributed by atoms with Gasteiger partial charge in [-0.15, -0.1) is 12.4 Å². The Morgan fingerprint density at radius 1 is 1.00 bits per heavy atom. The van der Waals surface area contributed by atoms with Crippen molar-refractivity contribution in [3.05, 3.63) is 70.8 Å². The average Bonchev–Trinajstić information content (AvgIpc) is 3.00. The van der Waals surface area contributed by atoms with Crippen molar-refractivity contribution >= 4 is 12.4 Å². The summed E-state index contributed by atoms with van der Waals surface area (Å²) in [6.45, 7) is 2.32. The minimum absolute atomic E-state index is 0. The molecule has 2 bridgehead atoms. The molecule has 20 heavy (non-hydrogen) atoms. The number of hydrogen-bond acceptors (Lipinski definition) is 1. The molecule has 2 aliphatic rings. The Hall–Kier alpha value is -1.31. The molecule has 1 nitrogen and oxygen atoms in total. The van der Waals surface area contributed by atoms with Crippen LogP contribution in [0.15, 0.2) is 48.5 Å². The van der Waals surface area contributed by atoms with Crippen LogP contribution in [0.2, 0.25) is 0 Å². The summed E-state index contributed by atoms with van der Waals surface area (Å²) in [6.07, 6.45) is 1.23. The number of fused-ring (bicyclic) bond motifs is 8. The summed E-state index contributed by atoms with van der Waals surface area (Å²) in [4.78, 5) is 0. The first-order valence-corrected chi connectivity index (χ1v) is 7.15. The monoisotopic (exact) mass is 285 g/mol. The molecular formula is C18H20ClN. The molecule has 0 saturated carbocycles. The average molecular weight is 286 g/mol. The maximum absolute atomic E-state index is 3.51. The van der Waals surface area contributed by atoms with Crippen molar-refractivity contribution in [3.8, 4) is 0 Å². The van der Waals surface area contributed by atoms with E-state index in [0.717, 1.165) is 0 Å².